The number of hydrogen-bond donors (Lipinski definition) is 0. The molecule has 0 spiro atoms. The zero-order valence-corrected chi connectivity index (χ0v) is 46.3. The number of aryl methyl sites for hydroxylation is 4. The van der Waals surface area contributed by atoms with E-state index in [0.717, 1.165) is 29.5 Å². The molecular weight excluding hydrogens is 874 g/mol. The lowest BCUT2D eigenvalue weighted by molar-refractivity contribution is 1.15. The molecule has 0 radical (unpaired) electrons. The number of rotatable bonds is 16. The highest BCUT2D eigenvalue weighted by molar-refractivity contribution is 6.92. The van der Waals surface area contributed by atoms with Gasteiger partial charge in [-0.25, -0.2) is 0 Å². The zero-order chi connectivity index (χ0) is 53.2. The monoisotopic (exact) mass is 953 g/mol. The van der Waals surface area contributed by atoms with Crippen molar-refractivity contribution < 1.29 is 0 Å². The average Bonchev–Trinajstić information content (AvgIpc) is 3.41. The smallest absolute Gasteiger partial charge is 0.124 e. The molecule has 7 rings (SSSR count). The molecule has 0 saturated heterocycles. The second kappa shape index (κ2) is 27.5. The predicted octanol–water partition coefficient (Wildman–Crippen LogP) is 17.4. The minimum Gasteiger partial charge on any atom is -0.124 e. The first-order valence-electron chi connectivity index (χ1n) is 26.4. The molecule has 368 valence electrons. The topological polar surface area (TPSA) is 0 Å². The highest BCUT2D eigenvalue weighted by Crippen LogP contribution is 2.49. The van der Waals surface area contributed by atoms with E-state index in [1.54, 1.807) is 0 Å². The predicted molar refractivity (Wildman–Crippen MR) is 332 cm³/mol. The average molecular weight is 953 g/mol. The lowest BCUT2D eigenvalue weighted by Gasteiger charge is -2.26. The number of benzene rings is 7. The van der Waals surface area contributed by atoms with Crippen molar-refractivity contribution in [1.82, 2.24) is 0 Å². The third-order valence-electron chi connectivity index (χ3n) is 14.2. The van der Waals surface area contributed by atoms with E-state index in [0.29, 0.717) is 0 Å². The van der Waals surface area contributed by atoms with Gasteiger partial charge in [0.25, 0.3) is 0 Å². The van der Waals surface area contributed by atoms with Gasteiger partial charge in [-0.15, -0.1) is 12.8 Å². The van der Waals surface area contributed by atoms with E-state index in [4.69, 9.17) is 6.58 Å². The molecule has 0 heterocycles. The second-order valence-corrected chi connectivity index (χ2v) is 18.7. The summed E-state index contributed by atoms with van der Waals surface area (Å²) >= 11 is 0. The maximum Gasteiger partial charge on any atom is 0.238 e. The summed E-state index contributed by atoms with van der Waals surface area (Å²) in [6.07, 6.45) is 27.3. The Morgan fingerprint density at radius 3 is 1.26 bits per heavy atom. The SMILES string of the molecule is C#C.C=C(/C=C\C=C/C)c1c(-c2ccc(B(/C(CC)=C(C)/C=C\C)c3c(C)cccc3C)cc2)c(-c2ccc(B(/C(CC)=C(C)/C=C\C)c3c(C)cccc3C)cc2)c(-c2ccccc2)c2ccccc12.CC. The van der Waals surface area contributed by atoms with Crippen LogP contribution in [0.3, 0.4) is 0 Å². The Morgan fingerprint density at radius 2 is 0.849 bits per heavy atom. The summed E-state index contributed by atoms with van der Waals surface area (Å²) in [5, 5.41) is 2.39. The van der Waals surface area contributed by atoms with Crippen LogP contribution in [0.15, 0.2) is 217 Å². The number of hydrogen-bond acceptors (Lipinski definition) is 0. The Balaban J connectivity index is 0.00000241. The maximum atomic E-state index is 4.85. The molecule has 0 unspecified atom stereocenters. The van der Waals surface area contributed by atoms with Crippen LogP contribution in [0.5, 0.6) is 0 Å². The molecule has 73 heavy (non-hydrogen) atoms. The molecule has 0 fully saturated rings. The van der Waals surface area contributed by atoms with Gasteiger partial charge in [-0.1, -0.05) is 289 Å². The third kappa shape index (κ3) is 12.5. The van der Waals surface area contributed by atoms with Crippen molar-refractivity contribution in [2.75, 3.05) is 0 Å². The summed E-state index contributed by atoms with van der Waals surface area (Å²) in [6.45, 7) is 33.6. The number of allylic oxidation sites excluding steroid dienone is 13. The summed E-state index contributed by atoms with van der Waals surface area (Å²) in [5.41, 5.74) is 25.5. The van der Waals surface area contributed by atoms with E-state index >= 15 is 0 Å². The van der Waals surface area contributed by atoms with Crippen LogP contribution in [-0.2, 0) is 0 Å². The standard InChI is InChI=1S/C67H70B2.C2H6.C2H2/c1-13-18-20-29-48(8)62-58-36-23-24-37-59(58)63(53-34-21-19-22-35-53)65(55-40-44-57(45-41-55)69(61(17-5)47(7)28-15-3)67-51(11)32-26-33-52(67)12)64(62)54-38-42-56(43-39-54)68(60(16-4)46(6)27-14-2)66-49(9)30-25-31-50(66)10;2*1-2/h13-15,18-45H,8,16-17H2,1-7,9-12H3;1-2H3;1-2H/b18-13-,27-14-,28-15-,29-20-,60-46+,61-47+;;. The lowest BCUT2D eigenvalue weighted by atomic mass is 9.34. The quantitative estimate of drug-likeness (QED) is 0.0514. The molecule has 0 amide bonds. The highest BCUT2D eigenvalue weighted by atomic mass is 14.3. The van der Waals surface area contributed by atoms with Crippen LogP contribution in [0.25, 0.3) is 49.7 Å². The molecule has 7 aromatic carbocycles. The fourth-order valence-electron chi connectivity index (χ4n) is 11.1. The van der Waals surface area contributed by atoms with E-state index in [1.807, 2.05) is 13.8 Å². The van der Waals surface area contributed by atoms with Gasteiger partial charge in [-0.3, -0.25) is 0 Å². The van der Waals surface area contributed by atoms with E-state index in [2.05, 4.69) is 277 Å². The second-order valence-electron chi connectivity index (χ2n) is 18.7. The Bertz CT molecular complexity index is 3160. The summed E-state index contributed by atoms with van der Waals surface area (Å²) < 4.78 is 0. The Kier molecular flexibility index (Phi) is 21.3. The van der Waals surface area contributed by atoms with Gasteiger partial charge in [0.15, 0.2) is 0 Å². The Morgan fingerprint density at radius 1 is 0.452 bits per heavy atom. The van der Waals surface area contributed by atoms with Crippen LogP contribution < -0.4 is 21.9 Å². The first-order chi connectivity index (χ1) is 35.5. The van der Waals surface area contributed by atoms with Gasteiger partial charge in [0, 0.05) is 0 Å². The molecule has 0 nitrogen and oxygen atoms in total. The maximum absolute atomic E-state index is 4.85. The van der Waals surface area contributed by atoms with Crippen molar-refractivity contribution in [3.8, 4) is 46.2 Å². The zero-order valence-electron chi connectivity index (χ0n) is 46.3. The van der Waals surface area contributed by atoms with Crippen molar-refractivity contribution in [2.24, 2.45) is 0 Å². The van der Waals surface area contributed by atoms with Crippen molar-refractivity contribution in [3.63, 3.8) is 0 Å². The van der Waals surface area contributed by atoms with Gasteiger partial charge in [0.1, 0.15) is 0 Å². The number of fused-ring (bicyclic) bond motifs is 1. The van der Waals surface area contributed by atoms with Gasteiger partial charge in [-0.05, 0) is 130 Å². The molecule has 0 aromatic heterocycles. The molecule has 0 aliphatic rings. The van der Waals surface area contributed by atoms with E-state index in [1.165, 1.54) is 105 Å². The minimum absolute atomic E-state index is 0.117. The molecule has 0 aliphatic carbocycles. The largest absolute Gasteiger partial charge is 0.238 e. The number of terminal acetylenes is 1. The molecule has 0 N–H and O–H groups in total. The molecule has 0 atom stereocenters. The third-order valence-corrected chi connectivity index (χ3v) is 14.2. The van der Waals surface area contributed by atoms with Crippen LogP contribution in [0, 0.1) is 40.5 Å². The first-order valence-corrected chi connectivity index (χ1v) is 26.4. The van der Waals surface area contributed by atoms with E-state index < -0.39 is 0 Å². The van der Waals surface area contributed by atoms with Crippen LogP contribution >= 0.6 is 0 Å². The van der Waals surface area contributed by atoms with Crippen molar-refractivity contribution >= 4 is 51.6 Å². The Labute approximate surface area is 443 Å². The van der Waals surface area contributed by atoms with Crippen LogP contribution in [0.1, 0.15) is 103 Å². The summed E-state index contributed by atoms with van der Waals surface area (Å²) in [6, 6.07) is 52.6. The van der Waals surface area contributed by atoms with Gasteiger partial charge >= 0.3 is 0 Å². The van der Waals surface area contributed by atoms with E-state index in [9.17, 15) is 0 Å². The normalized spacial score (nSPS) is 12.1. The lowest BCUT2D eigenvalue weighted by Crippen LogP contribution is -2.47. The minimum atomic E-state index is 0.117. The molecular formula is C71H78B2. The fraction of sp³-hybridized carbons (Fsp3) is 0.211. The van der Waals surface area contributed by atoms with Crippen LogP contribution in [0.2, 0.25) is 0 Å². The molecule has 0 aliphatic heterocycles. The van der Waals surface area contributed by atoms with Crippen molar-refractivity contribution in [2.45, 2.75) is 103 Å². The first kappa shape index (κ1) is 56.6. The van der Waals surface area contributed by atoms with Crippen molar-refractivity contribution in [3.05, 3.63) is 245 Å². The van der Waals surface area contributed by atoms with Gasteiger partial charge < -0.3 is 0 Å². The summed E-state index contributed by atoms with van der Waals surface area (Å²) in [7, 11) is 0. The van der Waals surface area contributed by atoms with Crippen molar-refractivity contribution in [1.29, 1.82) is 0 Å². The van der Waals surface area contributed by atoms with Crippen LogP contribution in [-0.4, -0.2) is 13.4 Å². The van der Waals surface area contributed by atoms with E-state index in [-0.39, 0.29) is 13.4 Å². The Hall–Kier alpha value is -7.33. The van der Waals surface area contributed by atoms with Gasteiger partial charge in [0.05, 0.1) is 0 Å². The summed E-state index contributed by atoms with van der Waals surface area (Å²) in [5.74, 6) is 0. The molecule has 2 heteroatoms. The summed E-state index contributed by atoms with van der Waals surface area (Å²) in [4.78, 5) is 0. The highest BCUT2D eigenvalue weighted by Gasteiger charge is 2.30. The molecule has 0 bridgehead atoms. The fourth-order valence-corrected chi connectivity index (χ4v) is 11.1. The van der Waals surface area contributed by atoms with Gasteiger partial charge in [-0.2, -0.15) is 0 Å². The van der Waals surface area contributed by atoms with Gasteiger partial charge in [0.2, 0.25) is 13.4 Å². The molecule has 0 saturated carbocycles. The molecule has 7 aromatic rings. The van der Waals surface area contributed by atoms with Crippen LogP contribution in [0.4, 0.5) is 0 Å².